The lowest BCUT2D eigenvalue weighted by atomic mass is 9.54. The van der Waals surface area contributed by atoms with Gasteiger partial charge in [0.15, 0.2) is 0 Å². The monoisotopic (exact) mass is 514 g/mol. The maximum absolute atomic E-state index is 13.4. The molecule has 4 fully saturated rings. The molecule has 1 heterocycles. The standard InChI is InChI=1S/C28H42N4O5/c1-17(2)16-37-26-22(25(35)31-24-20-11-18-10-19(13-20)14-21(24)12-18)15-30-32(26)9-7-28(3,4)27(36)29-8-5-6-23(33)34/h7,9,15,17-21,24H,5-6,8,10-14,16H2,1-4H3,(H,29,36)(H,31,35)(H,33,34). The normalized spacial score (nSPS) is 26.6. The number of aromatic nitrogens is 2. The molecule has 4 aliphatic rings. The highest BCUT2D eigenvalue weighted by Crippen LogP contribution is 2.53. The Morgan fingerprint density at radius 1 is 1.16 bits per heavy atom. The molecule has 0 radical (unpaired) electrons. The van der Waals surface area contributed by atoms with Crippen molar-refractivity contribution in [3.05, 3.63) is 17.8 Å². The molecule has 37 heavy (non-hydrogen) atoms. The molecular formula is C28H42N4O5. The third-order valence-electron chi connectivity index (χ3n) is 8.14. The third-order valence-corrected chi connectivity index (χ3v) is 8.14. The van der Waals surface area contributed by atoms with Crippen LogP contribution in [0.3, 0.4) is 0 Å². The zero-order valence-electron chi connectivity index (χ0n) is 22.5. The minimum Gasteiger partial charge on any atom is -0.481 e. The van der Waals surface area contributed by atoms with E-state index in [0.717, 1.165) is 11.8 Å². The average molecular weight is 515 g/mol. The lowest BCUT2D eigenvalue weighted by Gasteiger charge is -2.54. The van der Waals surface area contributed by atoms with Crippen LogP contribution in [0.4, 0.5) is 0 Å². The molecule has 0 spiro atoms. The number of ether oxygens (including phenoxy) is 1. The van der Waals surface area contributed by atoms with Crippen LogP contribution in [0.25, 0.3) is 6.20 Å². The number of hydrogen-bond donors (Lipinski definition) is 3. The molecule has 0 atom stereocenters. The molecule has 4 aliphatic carbocycles. The Hall–Kier alpha value is -2.84. The van der Waals surface area contributed by atoms with Crippen molar-refractivity contribution in [3.63, 3.8) is 0 Å². The van der Waals surface area contributed by atoms with Gasteiger partial charge in [0.1, 0.15) is 5.56 Å². The molecule has 0 aromatic carbocycles. The summed E-state index contributed by atoms with van der Waals surface area (Å²) >= 11 is 0. The Balaban J connectivity index is 1.45. The van der Waals surface area contributed by atoms with Gasteiger partial charge in [0.2, 0.25) is 11.8 Å². The first-order chi connectivity index (χ1) is 17.5. The molecule has 1 aromatic heterocycles. The van der Waals surface area contributed by atoms with Crippen LogP contribution in [-0.4, -0.2) is 51.9 Å². The van der Waals surface area contributed by atoms with Gasteiger partial charge in [0, 0.05) is 25.2 Å². The predicted octanol–water partition coefficient (Wildman–Crippen LogP) is 3.95. The molecule has 1 aromatic rings. The predicted molar refractivity (Wildman–Crippen MR) is 140 cm³/mol. The fourth-order valence-corrected chi connectivity index (χ4v) is 6.39. The summed E-state index contributed by atoms with van der Waals surface area (Å²) in [6, 6.07) is 0.223. The summed E-state index contributed by atoms with van der Waals surface area (Å²) in [4.78, 5) is 36.8. The first-order valence-electron chi connectivity index (χ1n) is 13.7. The number of nitrogens with zero attached hydrogens (tertiary/aromatic N) is 2. The number of carboxylic acid groups (broad SMARTS) is 1. The van der Waals surface area contributed by atoms with E-state index in [9.17, 15) is 14.4 Å². The Bertz CT molecular complexity index is 1000. The van der Waals surface area contributed by atoms with Gasteiger partial charge in [-0.1, -0.05) is 19.9 Å². The average Bonchev–Trinajstić information content (AvgIpc) is 3.23. The van der Waals surface area contributed by atoms with Crippen LogP contribution in [0.15, 0.2) is 12.3 Å². The lowest BCUT2D eigenvalue weighted by molar-refractivity contribution is -0.137. The van der Waals surface area contributed by atoms with E-state index in [1.807, 2.05) is 13.8 Å². The number of carbonyl (C=O) groups is 3. The molecule has 0 unspecified atom stereocenters. The minimum atomic E-state index is -0.885. The summed E-state index contributed by atoms with van der Waals surface area (Å²) in [7, 11) is 0. The Labute approximate surface area is 219 Å². The van der Waals surface area contributed by atoms with E-state index < -0.39 is 11.4 Å². The van der Waals surface area contributed by atoms with Crippen molar-refractivity contribution >= 4 is 24.0 Å². The molecule has 9 heteroatoms. The topological polar surface area (TPSA) is 123 Å². The van der Waals surface area contributed by atoms with E-state index in [0.29, 0.717) is 42.9 Å². The number of hydrogen-bond acceptors (Lipinski definition) is 5. The van der Waals surface area contributed by atoms with E-state index in [4.69, 9.17) is 9.84 Å². The number of carbonyl (C=O) groups excluding carboxylic acids is 2. The second kappa shape index (κ2) is 11.3. The van der Waals surface area contributed by atoms with Crippen LogP contribution >= 0.6 is 0 Å². The largest absolute Gasteiger partial charge is 0.481 e. The zero-order chi connectivity index (χ0) is 26.7. The number of rotatable bonds is 12. The number of nitrogens with one attached hydrogen (secondary N) is 2. The minimum absolute atomic E-state index is 0.00867. The summed E-state index contributed by atoms with van der Waals surface area (Å²) in [5.41, 5.74) is -0.456. The summed E-state index contributed by atoms with van der Waals surface area (Å²) in [6.07, 6.45) is 11.6. The Morgan fingerprint density at radius 3 is 2.41 bits per heavy atom. The summed E-state index contributed by atoms with van der Waals surface area (Å²) < 4.78 is 7.58. The highest BCUT2D eigenvalue weighted by atomic mass is 16.5. The molecule has 5 rings (SSSR count). The van der Waals surface area contributed by atoms with Crippen molar-refractivity contribution < 1.29 is 24.2 Å². The maximum Gasteiger partial charge on any atom is 0.303 e. The second-order valence-electron chi connectivity index (χ2n) is 12.2. The van der Waals surface area contributed by atoms with Gasteiger partial charge in [0.05, 0.1) is 18.2 Å². The van der Waals surface area contributed by atoms with Crippen LogP contribution in [0, 0.1) is 35.0 Å². The van der Waals surface area contributed by atoms with Crippen LogP contribution in [0.2, 0.25) is 0 Å². The van der Waals surface area contributed by atoms with Gasteiger partial charge in [-0.25, -0.2) is 4.68 Å². The van der Waals surface area contributed by atoms with Gasteiger partial charge in [-0.2, -0.15) is 5.10 Å². The fraction of sp³-hybridized carbons (Fsp3) is 0.714. The molecule has 4 saturated carbocycles. The molecule has 4 bridgehead atoms. The van der Waals surface area contributed by atoms with Gasteiger partial charge in [-0.15, -0.1) is 0 Å². The van der Waals surface area contributed by atoms with E-state index in [1.54, 1.807) is 32.3 Å². The van der Waals surface area contributed by atoms with Crippen LogP contribution < -0.4 is 15.4 Å². The number of amides is 2. The van der Waals surface area contributed by atoms with E-state index in [1.165, 1.54) is 36.8 Å². The second-order valence-corrected chi connectivity index (χ2v) is 12.2. The van der Waals surface area contributed by atoms with Crippen molar-refractivity contribution in [1.82, 2.24) is 20.4 Å². The van der Waals surface area contributed by atoms with E-state index in [2.05, 4.69) is 15.7 Å². The van der Waals surface area contributed by atoms with Crippen LogP contribution in [-0.2, 0) is 9.59 Å². The molecule has 2 amide bonds. The van der Waals surface area contributed by atoms with Crippen LogP contribution in [0.1, 0.15) is 83.0 Å². The molecule has 204 valence electrons. The maximum atomic E-state index is 13.4. The number of carboxylic acids is 1. The first kappa shape index (κ1) is 27.2. The lowest BCUT2D eigenvalue weighted by Crippen LogP contribution is -2.55. The van der Waals surface area contributed by atoms with E-state index in [-0.39, 0.29) is 30.2 Å². The quantitative estimate of drug-likeness (QED) is 0.363. The van der Waals surface area contributed by atoms with Gasteiger partial charge < -0.3 is 20.5 Å². The van der Waals surface area contributed by atoms with Crippen LogP contribution in [0.5, 0.6) is 5.88 Å². The third kappa shape index (κ3) is 6.54. The smallest absolute Gasteiger partial charge is 0.303 e. The van der Waals surface area contributed by atoms with Crippen molar-refractivity contribution in [1.29, 1.82) is 0 Å². The fourth-order valence-electron chi connectivity index (χ4n) is 6.39. The summed E-state index contributed by atoms with van der Waals surface area (Å²) in [6.45, 7) is 8.36. The molecular weight excluding hydrogens is 472 g/mol. The van der Waals surface area contributed by atoms with Gasteiger partial charge in [-0.05, 0) is 82.0 Å². The molecule has 9 nitrogen and oxygen atoms in total. The van der Waals surface area contributed by atoms with Crippen molar-refractivity contribution in [2.45, 2.75) is 78.7 Å². The number of aliphatic carboxylic acids is 1. The Morgan fingerprint density at radius 2 is 1.81 bits per heavy atom. The zero-order valence-corrected chi connectivity index (χ0v) is 22.5. The molecule has 3 N–H and O–H groups in total. The molecule has 0 saturated heterocycles. The van der Waals surface area contributed by atoms with Crippen molar-refractivity contribution in [2.75, 3.05) is 13.2 Å². The van der Waals surface area contributed by atoms with Crippen molar-refractivity contribution in [3.8, 4) is 5.88 Å². The first-order valence-corrected chi connectivity index (χ1v) is 13.7. The van der Waals surface area contributed by atoms with Gasteiger partial charge in [0.25, 0.3) is 5.91 Å². The highest BCUT2D eigenvalue weighted by Gasteiger charge is 2.48. The Kier molecular flexibility index (Phi) is 8.29. The summed E-state index contributed by atoms with van der Waals surface area (Å²) in [5.74, 6) is 2.22. The molecule has 0 aliphatic heterocycles. The highest BCUT2D eigenvalue weighted by molar-refractivity contribution is 5.96. The van der Waals surface area contributed by atoms with Crippen molar-refractivity contribution in [2.24, 2.45) is 35.0 Å². The van der Waals surface area contributed by atoms with Gasteiger partial charge >= 0.3 is 5.97 Å². The summed E-state index contributed by atoms with van der Waals surface area (Å²) in [5, 5.41) is 19.3. The van der Waals surface area contributed by atoms with Gasteiger partial charge in [-0.3, -0.25) is 14.4 Å². The SMILES string of the molecule is CC(C)COc1c(C(=O)NC2C3CC4CC(C3)CC2C4)cnn1C=CC(C)(C)C(=O)NCCCC(=O)O. The van der Waals surface area contributed by atoms with E-state index >= 15 is 0 Å².